The van der Waals surface area contributed by atoms with E-state index in [0.29, 0.717) is 5.41 Å². The Morgan fingerprint density at radius 1 is 0.833 bits per heavy atom. The summed E-state index contributed by atoms with van der Waals surface area (Å²) in [7, 11) is 0. The molecule has 0 N–H and O–H groups in total. The smallest absolute Gasteiger partial charge is 0.0354 e. The molecule has 0 heterocycles. The van der Waals surface area contributed by atoms with E-state index >= 15 is 0 Å². The summed E-state index contributed by atoms with van der Waals surface area (Å²) >= 11 is 0. The van der Waals surface area contributed by atoms with Crippen molar-refractivity contribution in [1.82, 2.24) is 0 Å². The van der Waals surface area contributed by atoms with Gasteiger partial charge in [0.05, 0.1) is 0 Å². The van der Waals surface area contributed by atoms with Crippen LogP contribution in [0.3, 0.4) is 0 Å². The van der Waals surface area contributed by atoms with E-state index in [-0.39, 0.29) is 0 Å². The molecule has 0 heteroatoms. The first-order valence-corrected chi connectivity index (χ1v) is 5.67. The molecule has 0 saturated heterocycles. The van der Waals surface area contributed by atoms with Crippen LogP contribution < -0.4 is 0 Å². The van der Waals surface area contributed by atoms with E-state index in [1.807, 2.05) is 0 Å². The van der Waals surface area contributed by atoms with E-state index in [0.717, 1.165) is 11.8 Å². The molecule has 0 aromatic carbocycles. The van der Waals surface area contributed by atoms with Crippen LogP contribution in [-0.2, 0) is 0 Å². The Morgan fingerprint density at radius 2 is 1.33 bits per heavy atom. The molecule has 2 aliphatic rings. The van der Waals surface area contributed by atoms with Crippen LogP contribution in [0.15, 0.2) is 0 Å². The van der Waals surface area contributed by atoms with Crippen molar-refractivity contribution < 1.29 is 0 Å². The van der Waals surface area contributed by atoms with Gasteiger partial charge in [-0.2, -0.15) is 0 Å². The van der Waals surface area contributed by atoms with Gasteiger partial charge in [0.1, 0.15) is 0 Å². The van der Waals surface area contributed by atoms with Gasteiger partial charge in [0.15, 0.2) is 0 Å². The van der Waals surface area contributed by atoms with Gasteiger partial charge in [-0.15, -0.1) is 0 Å². The third kappa shape index (κ3) is 1.67. The van der Waals surface area contributed by atoms with Crippen LogP contribution in [0.2, 0.25) is 0 Å². The van der Waals surface area contributed by atoms with Crippen molar-refractivity contribution in [3.05, 3.63) is 0 Å². The first-order chi connectivity index (χ1) is 5.67. The van der Waals surface area contributed by atoms with Gasteiger partial charge in [-0.25, -0.2) is 0 Å². The monoisotopic (exact) mass is 166 g/mol. The Morgan fingerprint density at radius 3 is 1.83 bits per heavy atom. The standard InChI is InChI=1S/C12H22/c1-12(2)8-6-10-4-3-5-11(10)7-9-12/h10-11H,3-9H2,1-2H3. The maximum Gasteiger partial charge on any atom is -0.0354 e. The Labute approximate surface area is 76.7 Å². The van der Waals surface area contributed by atoms with E-state index < -0.39 is 0 Å². The normalized spacial score (nSPS) is 40.5. The second-order valence-electron chi connectivity index (χ2n) is 5.69. The lowest BCUT2D eigenvalue weighted by Gasteiger charge is -2.22. The SMILES string of the molecule is CC1(C)CCC2CCCC2CC1. The number of fused-ring (bicyclic) bond motifs is 1. The van der Waals surface area contributed by atoms with Crippen molar-refractivity contribution in [1.29, 1.82) is 0 Å². The van der Waals surface area contributed by atoms with Crippen LogP contribution in [0.25, 0.3) is 0 Å². The lowest BCUT2D eigenvalue weighted by atomic mass is 9.84. The van der Waals surface area contributed by atoms with Gasteiger partial charge in [0.2, 0.25) is 0 Å². The van der Waals surface area contributed by atoms with Crippen LogP contribution in [0.4, 0.5) is 0 Å². The highest BCUT2D eigenvalue weighted by atomic mass is 14.4. The van der Waals surface area contributed by atoms with Gasteiger partial charge in [-0.3, -0.25) is 0 Å². The van der Waals surface area contributed by atoms with Crippen LogP contribution >= 0.6 is 0 Å². The summed E-state index contributed by atoms with van der Waals surface area (Å²) in [6.07, 6.45) is 10.6. The van der Waals surface area contributed by atoms with Crippen molar-refractivity contribution >= 4 is 0 Å². The highest BCUT2D eigenvalue weighted by Gasteiger charge is 2.33. The first-order valence-electron chi connectivity index (χ1n) is 5.67. The fraction of sp³-hybridized carbons (Fsp3) is 1.00. The number of hydrogen-bond acceptors (Lipinski definition) is 0. The Kier molecular flexibility index (Phi) is 2.18. The summed E-state index contributed by atoms with van der Waals surface area (Å²) in [5, 5.41) is 0. The fourth-order valence-corrected chi connectivity index (χ4v) is 3.15. The number of hydrogen-bond donors (Lipinski definition) is 0. The number of rotatable bonds is 0. The molecule has 0 aliphatic heterocycles. The average Bonchev–Trinajstić information content (AvgIpc) is 2.40. The van der Waals surface area contributed by atoms with Gasteiger partial charge in [-0.05, 0) is 42.9 Å². The first kappa shape index (κ1) is 8.59. The predicted molar refractivity (Wildman–Crippen MR) is 53.1 cm³/mol. The molecule has 2 aliphatic carbocycles. The van der Waals surface area contributed by atoms with Crippen LogP contribution in [0, 0.1) is 17.3 Å². The lowest BCUT2D eigenvalue weighted by Crippen LogP contribution is -2.09. The van der Waals surface area contributed by atoms with E-state index in [4.69, 9.17) is 0 Å². The van der Waals surface area contributed by atoms with Crippen molar-refractivity contribution in [3.63, 3.8) is 0 Å². The van der Waals surface area contributed by atoms with Gasteiger partial charge >= 0.3 is 0 Å². The molecule has 0 aromatic rings. The summed E-state index contributed by atoms with van der Waals surface area (Å²) in [5.41, 5.74) is 0.657. The van der Waals surface area contributed by atoms with Gasteiger partial charge in [-0.1, -0.05) is 33.1 Å². The third-order valence-electron chi connectivity index (χ3n) is 4.20. The van der Waals surface area contributed by atoms with Crippen molar-refractivity contribution in [2.75, 3.05) is 0 Å². The van der Waals surface area contributed by atoms with E-state index in [1.54, 1.807) is 12.8 Å². The van der Waals surface area contributed by atoms with Crippen molar-refractivity contribution in [2.24, 2.45) is 17.3 Å². The van der Waals surface area contributed by atoms with E-state index in [1.165, 1.54) is 32.1 Å². The third-order valence-corrected chi connectivity index (χ3v) is 4.20. The summed E-state index contributed by atoms with van der Waals surface area (Å²) in [6.45, 7) is 4.90. The highest BCUT2D eigenvalue weighted by molar-refractivity contribution is 4.85. The zero-order valence-electron chi connectivity index (χ0n) is 8.60. The average molecular weight is 166 g/mol. The molecule has 0 radical (unpaired) electrons. The minimum atomic E-state index is 0.657. The molecule has 0 aromatic heterocycles. The maximum atomic E-state index is 2.45. The van der Waals surface area contributed by atoms with Crippen LogP contribution in [0.5, 0.6) is 0 Å². The molecule has 70 valence electrons. The Bertz CT molecular complexity index is 141. The summed E-state index contributed by atoms with van der Waals surface area (Å²) in [5.74, 6) is 2.23. The second kappa shape index (κ2) is 3.05. The molecule has 2 atom stereocenters. The molecule has 2 saturated carbocycles. The molecule has 0 amide bonds. The molecular formula is C12H22. The molecule has 0 spiro atoms. The Balaban J connectivity index is 1.99. The quantitative estimate of drug-likeness (QED) is 0.510. The fourth-order valence-electron chi connectivity index (χ4n) is 3.15. The van der Waals surface area contributed by atoms with Crippen LogP contribution in [-0.4, -0.2) is 0 Å². The summed E-state index contributed by atoms with van der Waals surface area (Å²) < 4.78 is 0. The molecule has 2 unspecified atom stereocenters. The molecular weight excluding hydrogens is 144 g/mol. The van der Waals surface area contributed by atoms with Crippen molar-refractivity contribution in [3.8, 4) is 0 Å². The zero-order chi connectivity index (χ0) is 8.60. The minimum Gasteiger partial charge on any atom is -0.0599 e. The lowest BCUT2D eigenvalue weighted by molar-refractivity contribution is 0.304. The molecule has 2 rings (SSSR count). The second-order valence-corrected chi connectivity index (χ2v) is 5.69. The van der Waals surface area contributed by atoms with E-state index in [9.17, 15) is 0 Å². The largest absolute Gasteiger partial charge is 0.0599 e. The van der Waals surface area contributed by atoms with Crippen LogP contribution in [0.1, 0.15) is 58.8 Å². The highest BCUT2D eigenvalue weighted by Crippen LogP contribution is 2.45. The van der Waals surface area contributed by atoms with E-state index in [2.05, 4.69) is 13.8 Å². The minimum absolute atomic E-state index is 0.657. The zero-order valence-corrected chi connectivity index (χ0v) is 8.60. The van der Waals surface area contributed by atoms with Gasteiger partial charge in [0.25, 0.3) is 0 Å². The molecule has 0 nitrogen and oxygen atoms in total. The maximum absolute atomic E-state index is 2.45. The molecule has 2 fully saturated rings. The summed E-state index contributed by atoms with van der Waals surface area (Å²) in [6, 6.07) is 0. The molecule has 0 bridgehead atoms. The van der Waals surface area contributed by atoms with Crippen molar-refractivity contribution in [2.45, 2.75) is 58.8 Å². The molecule has 12 heavy (non-hydrogen) atoms. The summed E-state index contributed by atoms with van der Waals surface area (Å²) in [4.78, 5) is 0. The predicted octanol–water partition coefficient (Wildman–Crippen LogP) is 4.00. The van der Waals surface area contributed by atoms with Gasteiger partial charge < -0.3 is 0 Å². The Hall–Kier alpha value is 0. The topological polar surface area (TPSA) is 0 Å². The van der Waals surface area contributed by atoms with Gasteiger partial charge in [0, 0.05) is 0 Å².